The molecule has 0 amide bonds. The summed E-state index contributed by atoms with van der Waals surface area (Å²) in [4.78, 5) is 0. The van der Waals surface area contributed by atoms with Gasteiger partial charge in [0.25, 0.3) is 10.2 Å². The van der Waals surface area contributed by atoms with Crippen molar-refractivity contribution in [1.29, 1.82) is 0 Å². The smallest absolute Gasteiger partial charge is 0.195 e. The van der Waals surface area contributed by atoms with Crippen LogP contribution in [0.4, 0.5) is 0 Å². The van der Waals surface area contributed by atoms with Gasteiger partial charge in [-0.15, -0.1) is 11.6 Å². The van der Waals surface area contributed by atoms with E-state index in [1.165, 1.54) is 0 Å². The third-order valence-corrected chi connectivity index (χ3v) is 6.29. The average Bonchev–Trinajstić information content (AvgIpc) is 2.33. The Balaban J connectivity index is 2.06. The molecule has 0 atom stereocenters. The minimum Gasteiger partial charge on any atom is -0.195 e. The van der Waals surface area contributed by atoms with E-state index >= 15 is 0 Å². The van der Waals surface area contributed by atoms with Gasteiger partial charge in [0.2, 0.25) is 0 Å². The normalized spacial score (nSPS) is 23.2. The van der Waals surface area contributed by atoms with Crippen molar-refractivity contribution in [2.24, 2.45) is 0 Å². The van der Waals surface area contributed by atoms with Gasteiger partial charge in [-0.2, -0.15) is 17.0 Å². The fourth-order valence-corrected chi connectivity index (χ4v) is 4.70. The highest BCUT2D eigenvalue weighted by Crippen LogP contribution is 2.29. The minimum atomic E-state index is -3.25. The van der Waals surface area contributed by atoms with Crippen LogP contribution in [-0.4, -0.2) is 48.6 Å². The van der Waals surface area contributed by atoms with E-state index in [0.29, 0.717) is 25.5 Å². The summed E-state index contributed by atoms with van der Waals surface area (Å²) in [6.45, 7) is 1.95. The van der Waals surface area contributed by atoms with Gasteiger partial charge in [0, 0.05) is 31.6 Å². The zero-order chi connectivity index (χ0) is 13.0. The van der Waals surface area contributed by atoms with E-state index in [4.69, 9.17) is 11.6 Å². The molecule has 4 nitrogen and oxygen atoms in total. The molecular weight excluding hydrogens is 272 g/mol. The lowest BCUT2D eigenvalue weighted by Crippen LogP contribution is -2.52. The van der Waals surface area contributed by atoms with Crippen molar-refractivity contribution in [3.63, 3.8) is 0 Å². The molecule has 0 N–H and O–H groups in total. The maximum absolute atomic E-state index is 12.6. The predicted octanol–water partition coefficient (Wildman–Crippen LogP) is 2.20. The second-order valence-corrected chi connectivity index (χ2v) is 7.46. The molecule has 0 aromatic heterocycles. The highest BCUT2D eigenvalue weighted by atomic mass is 35.5. The van der Waals surface area contributed by atoms with Crippen molar-refractivity contribution in [1.82, 2.24) is 8.61 Å². The number of nitrogens with zero attached hydrogens (tertiary/aromatic N) is 2. The lowest BCUT2D eigenvalue weighted by atomic mass is 9.93. The Hall–Kier alpha value is 0.160. The van der Waals surface area contributed by atoms with Crippen molar-refractivity contribution in [3.8, 4) is 0 Å². The first-order valence-corrected chi connectivity index (χ1v) is 8.92. The first kappa shape index (κ1) is 14.6. The number of rotatable bonds is 6. The summed E-state index contributed by atoms with van der Waals surface area (Å²) in [5, 5.41) is 0. The molecule has 0 spiro atoms. The van der Waals surface area contributed by atoms with Crippen LogP contribution >= 0.6 is 11.6 Å². The van der Waals surface area contributed by atoms with Gasteiger partial charge >= 0.3 is 0 Å². The van der Waals surface area contributed by atoms with Crippen molar-refractivity contribution in [2.45, 2.75) is 51.0 Å². The monoisotopic (exact) mass is 294 g/mol. The largest absolute Gasteiger partial charge is 0.282 e. The molecule has 1 saturated heterocycles. The van der Waals surface area contributed by atoms with Gasteiger partial charge in [-0.3, -0.25) is 0 Å². The summed E-state index contributed by atoms with van der Waals surface area (Å²) >= 11 is 5.71. The lowest BCUT2D eigenvalue weighted by molar-refractivity contribution is 0.199. The number of piperidine rings is 1. The molecule has 0 aromatic carbocycles. The molecule has 2 fully saturated rings. The molecule has 18 heavy (non-hydrogen) atoms. The average molecular weight is 295 g/mol. The summed E-state index contributed by atoms with van der Waals surface area (Å²) in [7, 11) is -3.25. The molecule has 0 bridgehead atoms. The number of hydrogen-bond acceptors (Lipinski definition) is 2. The first-order chi connectivity index (χ1) is 8.66. The van der Waals surface area contributed by atoms with Crippen molar-refractivity contribution in [2.75, 3.05) is 25.5 Å². The minimum absolute atomic E-state index is 0.222. The van der Waals surface area contributed by atoms with E-state index in [2.05, 4.69) is 0 Å². The van der Waals surface area contributed by atoms with E-state index in [9.17, 15) is 8.42 Å². The summed E-state index contributed by atoms with van der Waals surface area (Å²) in [5.74, 6) is 0.527. The van der Waals surface area contributed by atoms with Gasteiger partial charge in [-0.05, 0) is 32.1 Å². The zero-order valence-corrected chi connectivity index (χ0v) is 12.4. The SMILES string of the molecule is O=S(=O)(N1CCCCC1)N(CCCCl)C1CCC1. The van der Waals surface area contributed by atoms with E-state index in [0.717, 1.165) is 44.9 Å². The molecule has 6 heteroatoms. The summed E-state index contributed by atoms with van der Waals surface area (Å²) < 4.78 is 28.7. The number of hydrogen-bond donors (Lipinski definition) is 0. The topological polar surface area (TPSA) is 40.6 Å². The summed E-state index contributed by atoms with van der Waals surface area (Å²) in [6.07, 6.45) is 7.05. The predicted molar refractivity (Wildman–Crippen MR) is 74.0 cm³/mol. The quantitative estimate of drug-likeness (QED) is 0.705. The molecule has 2 aliphatic rings. The van der Waals surface area contributed by atoms with Crippen LogP contribution < -0.4 is 0 Å². The Labute approximate surface area is 115 Å². The van der Waals surface area contributed by atoms with Gasteiger partial charge in [0.1, 0.15) is 0 Å². The number of alkyl halides is 1. The Bertz CT molecular complexity index is 351. The molecule has 1 aliphatic heterocycles. The third kappa shape index (κ3) is 3.18. The van der Waals surface area contributed by atoms with E-state index in [1.54, 1.807) is 8.61 Å². The first-order valence-electron chi connectivity index (χ1n) is 6.99. The molecule has 0 radical (unpaired) electrons. The standard InChI is InChI=1S/C12H23ClN2O2S/c13-8-5-11-15(12-6-4-7-12)18(16,17)14-9-2-1-3-10-14/h12H,1-11H2. The maximum Gasteiger partial charge on any atom is 0.282 e. The molecule has 106 valence electrons. The van der Waals surface area contributed by atoms with Crippen molar-refractivity contribution in [3.05, 3.63) is 0 Å². The molecule has 2 rings (SSSR count). The second kappa shape index (κ2) is 6.55. The van der Waals surface area contributed by atoms with Crippen LogP contribution in [0.3, 0.4) is 0 Å². The van der Waals surface area contributed by atoms with E-state index in [1.807, 2.05) is 0 Å². The van der Waals surface area contributed by atoms with Gasteiger partial charge < -0.3 is 0 Å². The Morgan fingerprint density at radius 3 is 2.28 bits per heavy atom. The van der Waals surface area contributed by atoms with Crippen LogP contribution in [-0.2, 0) is 10.2 Å². The van der Waals surface area contributed by atoms with E-state index in [-0.39, 0.29) is 6.04 Å². The van der Waals surface area contributed by atoms with E-state index < -0.39 is 10.2 Å². The van der Waals surface area contributed by atoms with Crippen LogP contribution in [0.1, 0.15) is 44.9 Å². The summed E-state index contributed by atoms with van der Waals surface area (Å²) in [5.41, 5.74) is 0. The second-order valence-electron chi connectivity index (χ2n) is 5.21. The van der Waals surface area contributed by atoms with Crippen LogP contribution in [0.2, 0.25) is 0 Å². The van der Waals surface area contributed by atoms with Gasteiger partial charge in [0.05, 0.1) is 0 Å². The van der Waals surface area contributed by atoms with Crippen LogP contribution in [0.25, 0.3) is 0 Å². The molecule has 0 unspecified atom stereocenters. The zero-order valence-electron chi connectivity index (χ0n) is 10.9. The van der Waals surface area contributed by atoms with Crippen molar-refractivity contribution >= 4 is 21.8 Å². The lowest BCUT2D eigenvalue weighted by Gasteiger charge is -2.40. The van der Waals surface area contributed by atoms with Crippen LogP contribution in [0, 0.1) is 0 Å². The molecule has 1 heterocycles. The number of halogens is 1. The molecule has 1 aliphatic carbocycles. The third-order valence-electron chi connectivity index (χ3n) is 3.93. The van der Waals surface area contributed by atoms with Gasteiger partial charge in [-0.25, -0.2) is 0 Å². The van der Waals surface area contributed by atoms with Gasteiger partial charge in [0.15, 0.2) is 0 Å². The van der Waals surface area contributed by atoms with Crippen LogP contribution in [0.5, 0.6) is 0 Å². The van der Waals surface area contributed by atoms with Crippen LogP contribution in [0.15, 0.2) is 0 Å². The highest BCUT2D eigenvalue weighted by Gasteiger charge is 2.37. The Morgan fingerprint density at radius 2 is 1.78 bits per heavy atom. The maximum atomic E-state index is 12.6. The van der Waals surface area contributed by atoms with Crippen molar-refractivity contribution < 1.29 is 8.42 Å². The molecule has 1 saturated carbocycles. The Kier molecular flexibility index (Phi) is 5.30. The van der Waals surface area contributed by atoms with Gasteiger partial charge in [-0.1, -0.05) is 12.8 Å². The molecular formula is C12H23ClN2O2S. The summed E-state index contributed by atoms with van der Waals surface area (Å²) in [6, 6.07) is 0.222. The fourth-order valence-electron chi connectivity index (χ4n) is 2.62. The Morgan fingerprint density at radius 1 is 1.11 bits per heavy atom. The highest BCUT2D eigenvalue weighted by molar-refractivity contribution is 7.86. The molecule has 0 aromatic rings. The fraction of sp³-hybridized carbons (Fsp3) is 1.00.